The van der Waals surface area contributed by atoms with Crippen LogP contribution in [-0.4, -0.2) is 33.1 Å². The molecule has 0 atom stereocenters. The molecule has 1 aromatic heterocycles. The van der Waals surface area contributed by atoms with Crippen LogP contribution in [0.25, 0.3) is 0 Å². The highest BCUT2D eigenvalue weighted by Crippen LogP contribution is 2.28. The van der Waals surface area contributed by atoms with Gasteiger partial charge in [0.05, 0.1) is 5.75 Å². The van der Waals surface area contributed by atoms with Crippen molar-refractivity contribution in [2.75, 3.05) is 23.0 Å². The van der Waals surface area contributed by atoms with E-state index in [1.165, 1.54) is 16.4 Å². The van der Waals surface area contributed by atoms with Gasteiger partial charge in [0.15, 0.2) is 5.82 Å². The van der Waals surface area contributed by atoms with E-state index in [0.29, 0.717) is 23.4 Å². The number of carbonyl (C=O) groups is 1. The van der Waals surface area contributed by atoms with Gasteiger partial charge in [-0.2, -0.15) is 0 Å². The summed E-state index contributed by atoms with van der Waals surface area (Å²) in [4.78, 5) is 14.5. The van der Waals surface area contributed by atoms with Gasteiger partial charge in [-0.05, 0) is 42.2 Å². The molecule has 0 aliphatic rings. The van der Waals surface area contributed by atoms with Crippen molar-refractivity contribution in [1.29, 1.82) is 0 Å². The summed E-state index contributed by atoms with van der Waals surface area (Å²) in [5, 5.41) is 8.73. The number of hydrogen-bond donors (Lipinski definition) is 1. The maximum absolute atomic E-state index is 12.8. The molecule has 2 N–H and O–H groups in total. The van der Waals surface area contributed by atoms with Crippen LogP contribution in [0.2, 0.25) is 0 Å². The Morgan fingerprint density at radius 1 is 1.25 bits per heavy atom. The Morgan fingerprint density at radius 3 is 2.69 bits per heavy atom. The van der Waals surface area contributed by atoms with E-state index in [-0.39, 0.29) is 18.3 Å². The number of benzene rings is 2. The van der Waals surface area contributed by atoms with Gasteiger partial charge in [-0.15, -0.1) is 16.8 Å². The highest BCUT2D eigenvalue weighted by Gasteiger charge is 2.18. The molecule has 0 saturated carbocycles. The molecule has 7 nitrogen and oxygen atoms in total. The smallest absolute Gasteiger partial charge is 0.237 e. The minimum atomic E-state index is -0.0664. The predicted molar refractivity (Wildman–Crippen MR) is 129 cm³/mol. The van der Waals surface area contributed by atoms with Gasteiger partial charge in [-0.25, -0.2) is 4.68 Å². The van der Waals surface area contributed by atoms with E-state index in [1.54, 1.807) is 11.0 Å². The molecule has 0 fully saturated rings. The maximum Gasteiger partial charge on any atom is 0.237 e. The lowest BCUT2D eigenvalue weighted by molar-refractivity contribution is -0.116. The Hall–Kier alpha value is -3.26. The van der Waals surface area contributed by atoms with Crippen molar-refractivity contribution in [3.63, 3.8) is 0 Å². The van der Waals surface area contributed by atoms with Gasteiger partial charge in [0.1, 0.15) is 12.4 Å². The fraction of sp³-hybridized carbons (Fsp3) is 0.292. The third kappa shape index (κ3) is 5.70. The molecule has 0 bridgehead atoms. The standard InChI is InChI=1S/C24H29N5O2S/c1-5-13-28(19-9-7-6-8-10-19)23(30)16-32-24-27-26-22(29(24)25)15-31-21-14-18(4)11-12-20(21)17(2)3/h5-12,14,17H,1,13,15-16,25H2,2-4H3. The third-order valence-electron chi connectivity index (χ3n) is 4.89. The molecule has 1 heterocycles. The number of nitrogens with zero attached hydrogens (tertiary/aromatic N) is 4. The quantitative estimate of drug-likeness (QED) is 0.281. The normalized spacial score (nSPS) is 10.9. The molecule has 3 rings (SSSR count). The molecule has 0 radical (unpaired) electrons. The van der Waals surface area contributed by atoms with Crippen LogP contribution >= 0.6 is 11.8 Å². The fourth-order valence-electron chi connectivity index (χ4n) is 3.18. The van der Waals surface area contributed by atoms with E-state index in [9.17, 15) is 4.79 Å². The number of rotatable bonds is 10. The van der Waals surface area contributed by atoms with Crippen molar-refractivity contribution >= 4 is 23.4 Å². The van der Waals surface area contributed by atoms with E-state index < -0.39 is 0 Å². The van der Waals surface area contributed by atoms with Gasteiger partial charge in [-0.3, -0.25) is 4.79 Å². The van der Waals surface area contributed by atoms with Crippen molar-refractivity contribution in [1.82, 2.24) is 14.9 Å². The first-order valence-corrected chi connectivity index (χ1v) is 11.4. The van der Waals surface area contributed by atoms with Crippen molar-refractivity contribution in [3.8, 4) is 5.75 Å². The van der Waals surface area contributed by atoms with Crippen molar-refractivity contribution in [2.24, 2.45) is 0 Å². The molecule has 0 saturated heterocycles. The summed E-state index contributed by atoms with van der Waals surface area (Å²) in [5.74, 6) is 7.92. The topological polar surface area (TPSA) is 86.3 Å². The zero-order valence-electron chi connectivity index (χ0n) is 18.7. The lowest BCUT2D eigenvalue weighted by Gasteiger charge is -2.20. The summed E-state index contributed by atoms with van der Waals surface area (Å²) in [6.45, 7) is 10.6. The summed E-state index contributed by atoms with van der Waals surface area (Å²) in [5.41, 5.74) is 3.07. The molecule has 8 heteroatoms. The van der Waals surface area contributed by atoms with E-state index in [1.807, 2.05) is 43.3 Å². The van der Waals surface area contributed by atoms with Crippen molar-refractivity contribution in [2.45, 2.75) is 38.5 Å². The number of anilines is 1. The van der Waals surface area contributed by atoms with Crippen LogP contribution in [0.5, 0.6) is 5.75 Å². The first-order chi connectivity index (χ1) is 15.4. The second-order valence-electron chi connectivity index (χ2n) is 7.67. The Labute approximate surface area is 193 Å². The first kappa shape index (κ1) is 23.4. The number of nitrogens with two attached hydrogens (primary N) is 1. The van der Waals surface area contributed by atoms with Gasteiger partial charge in [0, 0.05) is 12.2 Å². The minimum Gasteiger partial charge on any atom is -0.485 e. The Kier molecular flexibility index (Phi) is 7.94. The summed E-state index contributed by atoms with van der Waals surface area (Å²) in [7, 11) is 0. The molecule has 2 aromatic carbocycles. The molecule has 0 unspecified atom stereocenters. The van der Waals surface area contributed by atoms with Crippen LogP contribution in [0.1, 0.15) is 36.7 Å². The zero-order chi connectivity index (χ0) is 23.1. The van der Waals surface area contributed by atoms with Crippen molar-refractivity contribution < 1.29 is 9.53 Å². The van der Waals surface area contributed by atoms with Gasteiger partial charge in [-0.1, -0.05) is 62.0 Å². The van der Waals surface area contributed by atoms with E-state index in [4.69, 9.17) is 10.6 Å². The number of aryl methyl sites for hydroxylation is 1. The second kappa shape index (κ2) is 10.9. The highest BCUT2D eigenvalue weighted by molar-refractivity contribution is 7.99. The number of carbonyl (C=O) groups excluding carboxylic acids is 1. The minimum absolute atomic E-state index is 0.0664. The number of aromatic nitrogens is 3. The second-order valence-corrected chi connectivity index (χ2v) is 8.61. The van der Waals surface area contributed by atoms with Crippen LogP contribution in [0, 0.1) is 6.92 Å². The van der Waals surface area contributed by atoms with E-state index in [2.05, 4.69) is 42.8 Å². The third-order valence-corrected chi connectivity index (χ3v) is 5.82. The number of thioether (sulfide) groups is 1. The average molecular weight is 452 g/mol. The van der Waals surface area contributed by atoms with Crippen LogP contribution in [0.15, 0.2) is 66.3 Å². The fourth-order valence-corrected chi connectivity index (χ4v) is 3.93. The predicted octanol–water partition coefficient (Wildman–Crippen LogP) is 4.31. The Balaban J connectivity index is 1.64. The van der Waals surface area contributed by atoms with Gasteiger partial charge in [0.25, 0.3) is 0 Å². The number of ether oxygens (including phenoxy) is 1. The maximum atomic E-state index is 12.8. The van der Waals surface area contributed by atoms with Crippen LogP contribution < -0.4 is 15.5 Å². The molecule has 0 aliphatic carbocycles. The number of para-hydroxylation sites is 1. The SMILES string of the molecule is C=CCN(C(=O)CSc1nnc(COc2cc(C)ccc2C(C)C)n1N)c1ccccc1. The number of nitrogen functional groups attached to an aromatic ring is 1. The Bertz CT molecular complexity index is 1070. The molecule has 32 heavy (non-hydrogen) atoms. The summed E-state index contributed by atoms with van der Waals surface area (Å²) >= 11 is 1.24. The van der Waals surface area contributed by atoms with Gasteiger partial charge < -0.3 is 15.5 Å². The summed E-state index contributed by atoms with van der Waals surface area (Å²) in [6, 6.07) is 15.7. The van der Waals surface area contributed by atoms with Crippen LogP contribution in [0.3, 0.4) is 0 Å². The van der Waals surface area contributed by atoms with Gasteiger partial charge in [0.2, 0.25) is 11.1 Å². The Morgan fingerprint density at radius 2 is 2.00 bits per heavy atom. The molecule has 0 spiro atoms. The monoisotopic (exact) mass is 451 g/mol. The lowest BCUT2D eigenvalue weighted by Crippen LogP contribution is -2.32. The van der Waals surface area contributed by atoms with E-state index >= 15 is 0 Å². The number of hydrogen-bond acceptors (Lipinski definition) is 6. The van der Waals surface area contributed by atoms with Crippen molar-refractivity contribution in [3.05, 3.63) is 78.1 Å². The largest absolute Gasteiger partial charge is 0.485 e. The lowest BCUT2D eigenvalue weighted by atomic mass is 10.0. The number of amides is 1. The highest BCUT2D eigenvalue weighted by atomic mass is 32.2. The average Bonchev–Trinajstić information content (AvgIpc) is 3.14. The molecule has 3 aromatic rings. The summed E-state index contributed by atoms with van der Waals surface area (Å²) in [6.07, 6.45) is 1.70. The molecule has 1 amide bonds. The van der Waals surface area contributed by atoms with Crippen LogP contribution in [-0.2, 0) is 11.4 Å². The summed E-state index contributed by atoms with van der Waals surface area (Å²) < 4.78 is 7.39. The molecular weight excluding hydrogens is 422 g/mol. The van der Waals surface area contributed by atoms with Crippen LogP contribution in [0.4, 0.5) is 5.69 Å². The van der Waals surface area contributed by atoms with Gasteiger partial charge >= 0.3 is 0 Å². The first-order valence-electron chi connectivity index (χ1n) is 10.4. The van der Waals surface area contributed by atoms with E-state index in [0.717, 1.165) is 22.6 Å². The zero-order valence-corrected chi connectivity index (χ0v) is 19.5. The molecular formula is C24H29N5O2S. The molecule has 168 valence electrons. The molecule has 0 aliphatic heterocycles.